The second kappa shape index (κ2) is 7.79. The Morgan fingerprint density at radius 2 is 1.84 bits per heavy atom. The van der Waals surface area contributed by atoms with Gasteiger partial charge in [0.2, 0.25) is 0 Å². The quantitative estimate of drug-likeness (QED) is 0.354. The predicted octanol–water partition coefficient (Wildman–Crippen LogP) is 4.29. The van der Waals surface area contributed by atoms with Crippen molar-refractivity contribution in [3.05, 3.63) is 68.9 Å². The van der Waals surface area contributed by atoms with Gasteiger partial charge in [-0.3, -0.25) is 4.79 Å². The molecule has 0 saturated heterocycles. The largest absolute Gasteiger partial charge is 0.452 e. The molecular weight excluding hydrogens is 455 g/mol. The van der Waals surface area contributed by atoms with Crippen LogP contribution in [0.15, 0.2) is 54.6 Å². The van der Waals surface area contributed by atoms with Crippen LogP contribution in [0.4, 0.5) is 5.69 Å². The van der Waals surface area contributed by atoms with Gasteiger partial charge in [0.05, 0.1) is 11.1 Å². The van der Waals surface area contributed by atoms with Crippen LogP contribution < -0.4 is 5.32 Å². The molecule has 1 aromatic heterocycles. The summed E-state index contributed by atoms with van der Waals surface area (Å²) in [6.07, 6.45) is 0. The number of esters is 1. The molecule has 25 heavy (non-hydrogen) atoms. The lowest BCUT2D eigenvalue weighted by atomic mass is 10.1. The van der Waals surface area contributed by atoms with E-state index in [2.05, 4.69) is 32.9 Å². The second-order valence-corrected chi connectivity index (χ2v) is 6.81. The number of pyridine rings is 1. The van der Waals surface area contributed by atoms with Gasteiger partial charge in [-0.15, -0.1) is 0 Å². The fraction of sp³-hybridized carbons (Fsp3) is 0.0556. The zero-order valence-electron chi connectivity index (χ0n) is 12.8. The minimum atomic E-state index is -0.574. The first-order valence-corrected chi connectivity index (χ1v) is 8.76. The summed E-state index contributed by atoms with van der Waals surface area (Å²) >= 11 is 8.01. The molecule has 2 aromatic carbocycles. The average molecular weight is 467 g/mol. The van der Waals surface area contributed by atoms with Gasteiger partial charge in [0.25, 0.3) is 5.91 Å². The van der Waals surface area contributed by atoms with Crippen molar-refractivity contribution in [2.24, 2.45) is 0 Å². The van der Waals surface area contributed by atoms with Gasteiger partial charge >= 0.3 is 5.97 Å². The van der Waals surface area contributed by atoms with E-state index in [1.165, 1.54) is 0 Å². The van der Waals surface area contributed by atoms with Gasteiger partial charge in [0.1, 0.15) is 5.15 Å². The molecule has 1 amide bonds. The molecular formula is C18H12ClIN2O3. The van der Waals surface area contributed by atoms with E-state index < -0.39 is 11.9 Å². The van der Waals surface area contributed by atoms with Gasteiger partial charge in [-0.25, -0.2) is 9.78 Å². The molecule has 5 nitrogen and oxygen atoms in total. The van der Waals surface area contributed by atoms with E-state index in [0.29, 0.717) is 21.9 Å². The molecule has 7 heteroatoms. The van der Waals surface area contributed by atoms with Crippen molar-refractivity contribution in [2.75, 3.05) is 11.9 Å². The van der Waals surface area contributed by atoms with E-state index in [4.69, 9.17) is 16.3 Å². The molecule has 0 aliphatic rings. The Hall–Kier alpha value is -2.19. The van der Waals surface area contributed by atoms with Crippen LogP contribution in [-0.2, 0) is 9.53 Å². The minimum Gasteiger partial charge on any atom is -0.452 e. The lowest BCUT2D eigenvalue weighted by molar-refractivity contribution is -0.119. The van der Waals surface area contributed by atoms with Crippen LogP contribution in [0.2, 0.25) is 5.15 Å². The van der Waals surface area contributed by atoms with E-state index >= 15 is 0 Å². The highest BCUT2D eigenvalue weighted by Crippen LogP contribution is 2.17. The predicted molar refractivity (Wildman–Crippen MR) is 105 cm³/mol. The number of nitrogens with zero attached hydrogens (tertiary/aromatic N) is 1. The van der Waals surface area contributed by atoms with Crippen LogP contribution in [0, 0.1) is 3.57 Å². The summed E-state index contributed by atoms with van der Waals surface area (Å²) in [7, 11) is 0. The van der Waals surface area contributed by atoms with Crippen LogP contribution in [0.25, 0.3) is 10.9 Å². The molecule has 0 aliphatic heterocycles. The topological polar surface area (TPSA) is 68.3 Å². The molecule has 3 rings (SSSR count). The molecule has 3 aromatic rings. The Bertz CT molecular complexity index is 945. The molecule has 0 saturated carbocycles. The van der Waals surface area contributed by atoms with Crippen molar-refractivity contribution in [1.82, 2.24) is 4.98 Å². The summed E-state index contributed by atoms with van der Waals surface area (Å²) in [5.41, 5.74) is 1.68. The molecule has 0 bridgehead atoms. The number of anilines is 1. The number of carbonyl (C=O) groups is 2. The van der Waals surface area contributed by atoms with Crippen molar-refractivity contribution < 1.29 is 14.3 Å². The number of carbonyl (C=O) groups excluding carboxylic acids is 2. The molecule has 0 fully saturated rings. The summed E-state index contributed by atoms with van der Waals surface area (Å²) in [5, 5.41) is 3.82. The monoisotopic (exact) mass is 466 g/mol. The van der Waals surface area contributed by atoms with E-state index in [1.54, 1.807) is 42.5 Å². The number of halogens is 2. The van der Waals surface area contributed by atoms with Crippen molar-refractivity contribution >= 4 is 62.7 Å². The number of rotatable bonds is 4. The van der Waals surface area contributed by atoms with E-state index in [-0.39, 0.29) is 6.61 Å². The minimum absolute atomic E-state index is 0.346. The zero-order valence-corrected chi connectivity index (χ0v) is 15.7. The van der Waals surface area contributed by atoms with Gasteiger partial charge in [-0.05, 0) is 77.2 Å². The van der Waals surface area contributed by atoms with E-state index in [1.807, 2.05) is 12.1 Å². The number of fused-ring (bicyclic) bond motifs is 1. The molecule has 1 N–H and O–H groups in total. The van der Waals surface area contributed by atoms with Crippen molar-refractivity contribution in [1.29, 1.82) is 0 Å². The van der Waals surface area contributed by atoms with Crippen LogP contribution in [0.1, 0.15) is 10.4 Å². The SMILES string of the molecule is O=C(COC(=O)c1ccc2nc(Cl)ccc2c1)Nc1ccc(I)cc1. The van der Waals surface area contributed by atoms with E-state index in [9.17, 15) is 9.59 Å². The van der Waals surface area contributed by atoms with Gasteiger partial charge < -0.3 is 10.1 Å². The van der Waals surface area contributed by atoms with Gasteiger partial charge in [-0.1, -0.05) is 11.6 Å². The standard InChI is InChI=1S/C18H12ClIN2O3/c19-16-8-2-11-9-12(1-7-15(11)22-16)18(24)25-10-17(23)21-14-5-3-13(20)4-6-14/h1-9H,10H2,(H,21,23). The molecule has 0 unspecified atom stereocenters. The van der Waals surface area contributed by atoms with Crippen LogP contribution in [-0.4, -0.2) is 23.5 Å². The molecule has 0 aliphatic carbocycles. The highest BCUT2D eigenvalue weighted by Gasteiger charge is 2.11. The number of aromatic nitrogens is 1. The number of amides is 1. The third kappa shape index (κ3) is 4.67. The fourth-order valence-electron chi connectivity index (χ4n) is 2.17. The normalized spacial score (nSPS) is 10.5. The Labute approximate surface area is 162 Å². The summed E-state index contributed by atoms with van der Waals surface area (Å²) < 4.78 is 6.12. The Balaban J connectivity index is 1.61. The number of ether oxygens (including phenoxy) is 1. The highest BCUT2D eigenvalue weighted by molar-refractivity contribution is 14.1. The maximum Gasteiger partial charge on any atom is 0.338 e. The fourth-order valence-corrected chi connectivity index (χ4v) is 2.69. The summed E-state index contributed by atoms with van der Waals surface area (Å²) in [5.74, 6) is -0.974. The third-order valence-electron chi connectivity index (χ3n) is 3.35. The van der Waals surface area contributed by atoms with E-state index in [0.717, 1.165) is 8.96 Å². The first-order chi connectivity index (χ1) is 12.0. The van der Waals surface area contributed by atoms with Gasteiger partial charge in [-0.2, -0.15) is 0 Å². The lowest BCUT2D eigenvalue weighted by Crippen LogP contribution is -2.20. The molecule has 1 heterocycles. The molecule has 126 valence electrons. The number of hydrogen-bond acceptors (Lipinski definition) is 4. The first kappa shape index (κ1) is 17.6. The number of benzene rings is 2. The molecule has 0 spiro atoms. The molecule has 0 atom stereocenters. The van der Waals surface area contributed by atoms with Crippen molar-refractivity contribution in [3.63, 3.8) is 0 Å². The van der Waals surface area contributed by atoms with Crippen LogP contribution in [0.5, 0.6) is 0 Å². The average Bonchev–Trinajstić information content (AvgIpc) is 2.61. The van der Waals surface area contributed by atoms with Gasteiger partial charge in [0.15, 0.2) is 6.61 Å². The Morgan fingerprint density at radius 3 is 2.60 bits per heavy atom. The Kier molecular flexibility index (Phi) is 5.50. The van der Waals surface area contributed by atoms with Crippen molar-refractivity contribution in [3.8, 4) is 0 Å². The first-order valence-electron chi connectivity index (χ1n) is 7.30. The van der Waals surface area contributed by atoms with Gasteiger partial charge in [0, 0.05) is 14.6 Å². The second-order valence-electron chi connectivity index (χ2n) is 5.17. The maximum absolute atomic E-state index is 12.1. The summed E-state index contributed by atoms with van der Waals surface area (Å²) in [4.78, 5) is 28.1. The lowest BCUT2D eigenvalue weighted by Gasteiger charge is -2.07. The molecule has 0 radical (unpaired) electrons. The van der Waals surface area contributed by atoms with Crippen molar-refractivity contribution in [2.45, 2.75) is 0 Å². The maximum atomic E-state index is 12.1. The van der Waals surface area contributed by atoms with Crippen LogP contribution in [0.3, 0.4) is 0 Å². The third-order valence-corrected chi connectivity index (χ3v) is 4.28. The highest BCUT2D eigenvalue weighted by atomic mass is 127. The number of nitrogens with one attached hydrogen (secondary N) is 1. The Morgan fingerprint density at radius 1 is 1.08 bits per heavy atom. The number of hydrogen-bond donors (Lipinski definition) is 1. The summed E-state index contributed by atoms with van der Waals surface area (Å²) in [6.45, 7) is -0.359. The zero-order chi connectivity index (χ0) is 17.8. The smallest absolute Gasteiger partial charge is 0.338 e. The van der Waals surface area contributed by atoms with Crippen LogP contribution >= 0.6 is 34.2 Å². The summed E-state index contributed by atoms with van der Waals surface area (Å²) in [6, 6.07) is 15.6.